The molecular weight excluding hydrogens is 436 g/mol. The molecule has 0 fully saturated rings. The second kappa shape index (κ2) is 6.54. The summed E-state index contributed by atoms with van der Waals surface area (Å²) in [6.45, 7) is 3.76. The molecule has 0 aliphatic heterocycles. The fourth-order valence-electron chi connectivity index (χ4n) is 1.31. The quantitative estimate of drug-likeness (QED) is 0.441. The van der Waals surface area contributed by atoms with Gasteiger partial charge in [-0.15, -0.1) is 10.9 Å². The molecule has 0 aliphatic rings. The number of hydrogen-bond acceptors (Lipinski definition) is 2. The summed E-state index contributed by atoms with van der Waals surface area (Å²) in [6, 6.07) is 6.66. The molecule has 73 valence electrons. The maximum absolute atomic E-state index is 11.0. The van der Waals surface area contributed by atoms with Crippen LogP contribution in [0.5, 0.6) is 0 Å². The number of aromatic nitrogens is 2. The Kier molecular flexibility index (Phi) is 6.90. The van der Waals surface area contributed by atoms with Crippen molar-refractivity contribution in [3.63, 3.8) is 0 Å². The number of nitrogens with zero attached hydrogens (tertiary/aromatic N) is 2. The van der Waals surface area contributed by atoms with E-state index in [4.69, 9.17) is 0 Å². The second-order valence-electron chi connectivity index (χ2n) is 3.01. The maximum atomic E-state index is 11.0. The summed E-state index contributed by atoms with van der Waals surface area (Å²) in [5.74, 6) is 0. The molecule has 0 N–H and O–H groups in total. The van der Waals surface area contributed by atoms with Crippen molar-refractivity contribution in [3.05, 3.63) is 39.9 Å². The minimum Gasteiger partial charge on any atom is -0.463 e. The number of fused-ring (bicyclic) bond motifs is 1. The predicted molar refractivity (Wildman–Crippen MR) is 49.6 cm³/mol. The molecule has 1 aromatic carbocycles. The minimum absolute atomic E-state index is 0. The van der Waals surface area contributed by atoms with Crippen molar-refractivity contribution < 1.29 is 78.6 Å². The zero-order valence-corrected chi connectivity index (χ0v) is 16.5. The van der Waals surface area contributed by atoms with Gasteiger partial charge in [0, 0.05) is 20.4 Å². The zero-order valence-electron chi connectivity index (χ0n) is 8.84. The predicted octanol–water partition coefficient (Wildman–Crippen LogP) is -2.03. The topological polar surface area (TPSA) is 44.1 Å². The van der Waals surface area contributed by atoms with Gasteiger partial charge in [-0.25, -0.2) is 0 Å². The zero-order chi connectivity index (χ0) is 9.42. The molecule has 0 amide bonds. The molecule has 15 heavy (non-hydrogen) atoms. The summed E-state index contributed by atoms with van der Waals surface area (Å²) < 4.78 is 0. The Morgan fingerprint density at radius 2 is 2.07 bits per heavy atom. The Morgan fingerprint density at radius 3 is 2.73 bits per heavy atom. The molecule has 0 saturated heterocycles. The third kappa shape index (κ3) is 3.66. The van der Waals surface area contributed by atoms with Crippen LogP contribution in [-0.4, -0.2) is 4.98 Å². The van der Waals surface area contributed by atoms with E-state index in [1.54, 1.807) is 6.07 Å². The van der Waals surface area contributed by atoms with Crippen LogP contribution in [0.1, 0.15) is 11.3 Å². The molecule has 0 aliphatic carbocycles. The molecular formula is C10H8N2ORbRe-. The summed E-state index contributed by atoms with van der Waals surface area (Å²) in [4.78, 5) is 18.5. The van der Waals surface area contributed by atoms with E-state index in [-0.39, 0.29) is 78.6 Å². The molecule has 1 heterocycles. The minimum atomic E-state index is -0.428. The van der Waals surface area contributed by atoms with E-state index in [9.17, 15) is 4.79 Å². The van der Waals surface area contributed by atoms with Gasteiger partial charge in [0.15, 0.2) is 5.69 Å². The van der Waals surface area contributed by atoms with Gasteiger partial charge in [0.25, 0.3) is 0 Å². The van der Waals surface area contributed by atoms with Gasteiger partial charge in [0.05, 0.1) is 0 Å². The molecule has 0 unspecified atom stereocenters. The number of benzene rings is 1. The van der Waals surface area contributed by atoms with Crippen LogP contribution in [-0.2, 0) is 20.4 Å². The largest absolute Gasteiger partial charge is 1.00 e. The summed E-state index contributed by atoms with van der Waals surface area (Å²) in [5.41, 5.74) is 2.00. The SMILES string of the molecule is Cc1[c-]cc2[n-]c(=O)nc(C)c2c1.[Rb+].[Re]. The average Bonchev–Trinajstić information content (AvgIpc) is 2.06. The van der Waals surface area contributed by atoms with E-state index >= 15 is 0 Å². The van der Waals surface area contributed by atoms with Crippen molar-refractivity contribution in [1.82, 2.24) is 9.97 Å². The molecule has 2 rings (SSSR count). The van der Waals surface area contributed by atoms with Crippen molar-refractivity contribution in [3.8, 4) is 0 Å². The molecule has 1 radical (unpaired) electrons. The summed E-state index contributed by atoms with van der Waals surface area (Å²) in [5, 5.41) is 0.927. The molecule has 0 spiro atoms. The van der Waals surface area contributed by atoms with Crippen LogP contribution in [0.2, 0.25) is 0 Å². The fourth-order valence-corrected chi connectivity index (χ4v) is 1.31. The normalized spacial score (nSPS) is 9.20. The van der Waals surface area contributed by atoms with Gasteiger partial charge in [-0.1, -0.05) is 12.6 Å². The van der Waals surface area contributed by atoms with Gasteiger partial charge in [-0.05, 0) is 6.92 Å². The number of rotatable bonds is 0. The maximum Gasteiger partial charge on any atom is 1.00 e. The standard InChI is InChI=1S/C10H9N2O.Rb.Re/c1-6-3-4-9-8(5-6)7(2)11-10(13)12-9;;/h4-5H,1-2H3,(H,11,12,13);;/q-1;+1;/p-1. The van der Waals surface area contributed by atoms with E-state index in [1.165, 1.54) is 0 Å². The Labute approximate surface area is 151 Å². The van der Waals surface area contributed by atoms with Crippen LogP contribution in [0.15, 0.2) is 16.9 Å². The van der Waals surface area contributed by atoms with Crippen LogP contribution >= 0.6 is 0 Å². The van der Waals surface area contributed by atoms with Crippen molar-refractivity contribution in [2.75, 3.05) is 0 Å². The first-order valence-corrected chi connectivity index (χ1v) is 4.00. The summed E-state index contributed by atoms with van der Waals surface area (Å²) >= 11 is 0. The van der Waals surface area contributed by atoms with Gasteiger partial charge in [0.1, 0.15) is 0 Å². The first-order valence-electron chi connectivity index (χ1n) is 4.00. The third-order valence-corrected chi connectivity index (χ3v) is 1.94. The van der Waals surface area contributed by atoms with E-state index in [2.05, 4.69) is 16.0 Å². The molecule has 3 nitrogen and oxygen atoms in total. The molecule has 5 heteroatoms. The average molecular weight is 444 g/mol. The van der Waals surface area contributed by atoms with E-state index < -0.39 is 5.69 Å². The van der Waals surface area contributed by atoms with Gasteiger partial charge in [-0.2, -0.15) is 23.8 Å². The Morgan fingerprint density at radius 1 is 1.40 bits per heavy atom. The van der Waals surface area contributed by atoms with Gasteiger partial charge in [-0.3, -0.25) is 4.79 Å². The van der Waals surface area contributed by atoms with Crippen LogP contribution in [0, 0.1) is 19.9 Å². The third-order valence-electron chi connectivity index (χ3n) is 1.94. The summed E-state index contributed by atoms with van der Waals surface area (Å²) in [7, 11) is 0. The monoisotopic (exact) mass is 444 g/mol. The van der Waals surface area contributed by atoms with Crippen LogP contribution in [0.3, 0.4) is 0 Å². The van der Waals surface area contributed by atoms with Crippen LogP contribution in [0.4, 0.5) is 0 Å². The van der Waals surface area contributed by atoms with Gasteiger partial charge in [0.2, 0.25) is 0 Å². The van der Waals surface area contributed by atoms with Crippen LogP contribution in [0.25, 0.3) is 10.9 Å². The Balaban J connectivity index is 0.000000980. The Hall–Kier alpha value is 0.828. The van der Waals surface area contributed by atoms with E-state index in [1.807, 2.05) is 19.9 Å². The number of aryl methyl sites for hydroxylation is 2. The van der Waals surface area contributed by atoms with Crippen molar-refractivity contribution >= 4 is 10.9 Å². The van der Waals surface area contributed by atoms with Crippen molar-refractivity contribution in [1.29, 1.82) is 0 Å². The molecule has 2 aromatic rings. The fraction of sp³-hybridized carbons (Fsp3) is 0.200. The van der Waals surface area contributed by atoms with Crippen LogP contribution < -0.4 is 68.9 Å². The van der Waals surface area contributed by atoms with Gasteiger partial charge < -0.3 is 9.97 Å². The van der Waals surface area contributed by atoms with E-state index in [0.29, 0.717) is 5.52 Å². The Bertz CT molecular complexity index is 524. The summed E-state index contributed by atoms with van der Waals surface area (Å²) in [6.07, 6.45) is 0. The second-order valence-corrected chi connectivity index (χ2v) is 3.01. The van der Waals surface area contributed by atoms with Crippen molar-refractivity contribution in [2.45, 2.75) is 13.8 Å². The first-order chi connectivity index (χ1) is 6.16. The molecule has 0 bridgehead atoms. The van der Waals surface area contributed by atoms with Gasteiger partial charge >= 0.3 is 58.2 Å². The first kappa shape index (κ1) is 15.8. The smallest absolute Gasteiger partial charge is 0.463 e. The molecule has 1 aromatic heterocycles. The van der Waals surface area contributed by atoms with E-state index in [0.717, 1.165) is 16.6 Å². The molecule has 0 saturated carbocycles. The van der Waals surface area contributed by atoms with Crippen molar-refractivity contribution in [2.24, 2.45) is 0 Å². The number of hydrogen-bond donors (Lipinski definition) is 0. The molecule has 0 atom stereocenters.